The first kappa shape index (κ1) is 26.7. The van der Waals surface area contributed by atoms with E-state index in [1.165, 1.54) is 19.1 Å². The standard InChI is InChI=1S/C27H33FN8O3/c1-18(37)32-14-27(2)15-38-25(39-16-27)24-34-22(19-4-6-20(28)7-5-19)23(35-24)21-8-10-31-26(33-21)30-9-3-12-36-13-11-29-17-36/h4-8,10,17,25H,3,9,11-16H2,1-2H3,(H,32,37)(H,34,35)(H,30,31,33). The van der Waals surface area contributed by atoms with Gasteiger partial charge >= 0.3 is 0 Å². The van der Waals surface area contributed by atoms with Gasteiger partial charge in [0.15, 0.2) is 5.82 Å². The molecule has 2 aliphatic heterocycles. The number of ether oxygens (including phenoxy) is 2. The van der Waals surface area contributed by atoms with Crippen LogP contribution in [0.3, 0.4) is 0 Å². The summed E-state index contributed by atoms with van der Waals surface area (Å²) in [5.74, 6) is 0.550. The summed E-state index contributed by atoms with van der Waals surface area (Å²) in [6.45, 7) is 8.13. The molecule has 1 saturated heterocycles. The highest BCUT2D eigenvalue weighted by atomic mass is 19.1. The number of carbonyl (C=O) groups is 1. The molecule has 0 radical (unpaired) electrons. The molecule has 1 fully saturated rings. The molecule has 2 aromatic heterocycles. The Kier molecular flexibility index (Phi) is 8.13. The van der Waals surface area contributed by atoms with Crippen molar-refractivity contribution in [3.05, 3.63) is 48.2 Å². The summed E-state index contributed by atoms with van der Waals surface area (Å²) >= 11 is 0. The first-order valence-corrected chi connectivity index (χ1v) is 13.0. The summed E-state index contributed by atoms with van der Waals surface area (Å²) in [7, 11) is 0. The second-order valence-corrected chi connectivity index (χ2v) is 10.1. The molecule has 3 N–H and O–H groups in total. The molecule has 1 amide bonds. The van der Waals surface area contributed by atoms with Gasteiger partial charge in [-0.3, -0.25) is 9.79 Å². The van der Waals surface area contributed by atoms with E-state index < -0.39 is 6.29 Å². The second kappa shape index (κ2) is 11.9. The van der Waals surface area contributed by atoms with Gasteiger partial charge in [0.25, 0.3) is 0 Å². The summed E-state index contributed by atoms with van der Waals surface area (Å²) in [4.78, 5) is 35.0. The number of nitrogens with one attached hydrogen (secondary N) is 3. The van der Waals surface area contributed by atoms with Crippen molar-refractivity contribution in [2.24, 2.45) is 10.4 Å². The molecule has 11 nitrogen and oxygen atoms in total. The van der Waals surface area contributed by atoms with Gasteiger partial charge in [0.1, 0.15) is 5.82 Å². The number of aromatic amines is 1. The molecule has 2 aliphatic rings. The Morgan fingerprint density at radius 3 is 2.72 bits per heavy atom. The van der Waals surface area contributed by atoms with Crippen molar-refractivity contribution >= 4 is 18.2 Å². The number of hydrogen-bond acceptors (Lipinski definition) is 9. The lowest BCUT2D eigenvalue weighted by Gasteiger charge is -2.36. The maximum Gasteiger partial charge on any atom is 0.223 e. The number of benzene rings is 1. The molecule has 0 bridgehead atoms. The van der Waals surface area contributed by atoms with Gasteiger partial charge in [0.05, 0.1) is 43.2 Å². The number of hydrogen-bond donors (Lipinski definition) is 3. The Morgan fingerprint density at radius 2 is 2.00 bits per heavy atom. The van der Waals surface area contributed by atoms with Gasteiger partial charge in [-0.15, -0.1) is 0 Å². The highest BCUT2D eigenvalue weighted by molar-refractivity contribution is 5.77. The SMILES string of the molecule is CC(=O)NCC1(C)COC(c2nc(-c3ccc(F)cc3)c(-c3ccnc(NCCCN4C=NCC4)n3)[nH]2)OC1. The molecule has 39 heavy (non-hydrogen) atoms. The Bertz CT molecular complexity index is 1300. The maximum atomic E-state index is 13.7. The Balaban J connectivity index is 1.33. The van der Waals surface area contributed by atoms with Crippen molar-refractivity contribution in [2.45, 2.75) is 26.6 Å². The molecular weight excluding hydrogens is 503 g/mol. The van der Waals surface area contributed by atoms with Crippen LogP contribution in [0, 0.1) is 11.2 Å². The minimum atomic E-state index is -0.725. The summed E-state index contributed by atoms with van der Waals surface area (Å²) in [5.41, 5.74) is 2.24. The number of rotatable bonds is 10. The van der Waals surface area contributed by atoms with E-state index in [2.05, 4.69) is 30.5 Å². The number of aromatic nitrogens is 4. The zero-order valence-corrected chi connectivity index (χ0v) is 22.1. The van der Waals surface area contributed by atoms with Gasteiger partial charge in [-0.1, -0.05) is 6.92 Å². The van der Waals surface area contributed by atoms with E-state index in [1.54, 1.807) is 24.4 Å². The lowest BCUT2D eigenvalue weighted by molar-refractivity contribution is -0.232. The van der Waals surface area contributed by atoms with Crippen molar-refractivity contribution in [1.29, 1.82) is 0 Å². The number of nitrogens with zero attached hydrogens (tertiary/aromatic N) is 5. The van der Waals surface area contributed by atoms with Crippen molar-refractivity contribution in [1.82, 2.24) is 30.2 Å². The highest BCUT2D eigenvalue weighted by Crippen LogP contribution is 2.35. The van der Waals surface area contributed by atoms with E-state index in [0.717, 1.165) is 31.6 Å². The zero-order valence-electron chi connectivity index (χ0n) is 22.1. The molecule has 4 heterocycles. The quantitative estimate of drug-likeness (QED) is 0.337. The number of H-pyrrole nitrogens is 1. The fourth-order valence-corrected chi connectivity index (χ4v) is 4.40. The molecule has 0 spiro atoms. The van der Waals surface area contributed by atoms with Crippen LogP contribution in [0.2, 0.25) is 0 Å². The van der Waals surface area contributed by atoms with Crippen molar-refractivity contribution < 1.29 is 18.7 Å². The molecule has 0 atom stereocenters. The normalized spacial score (nSPS) is 20.8. The van der Waals surface area contributed by atoms with Gasteiger partial charge < -0.3 is 30.0 Å². The van der Waals surface area contributed by atoms with Crippen molar-refractivity contribution in [2.75, 3.05) is 51.3 Å². The van der Waals surface area contributed by atoms with E-state index in [9.17, 15) is 9.18 Å². The predicted octanol–water partition coefficient (Wildman–Crippen LogP) is 3.01. The van der Waals surface area contributed by atoms with Crippen LogP contribution in [0.4, 0.5) is 10.3 Å². The number of halogens is 1. The molecule has 206 valence electrons. The van der Waals surface area contributed by atoms with Crippen LogP contribution in [0.1, 0.15) is 32.4 Å². The molecule has 0 aliphatic carbocycles. The van der Waals surface area contributed by atoms with E-state index >= 15 is 0 Å². The summed E-state index contributed by atoms with van der Waals surface area (Å²) in [5, 5.41) is 6.12. The lowest BCUT2D eigenvalue weighted by atomic mass is 9.92. The number of carbonyl (C=O) groups excluding carboxylic acids is 1. The largest absolute Gasteiger partial charge is 0.361 e. The molecule has 3 aromatic rings. The van der Waals surface area contributed by atoms with Gasteiger partial charge in [-0.05, 0) is 36.8 Å². The van der Waals surface area contributed by atoms with Gasteiger partial charge in [-0.25, -0.2) is 19.3 Å². The van der Waals surface area contributed by atoms with Gasteiger partial charge in [0, 0.05) is 50.3 Å². The minimum Gasteiger partial charge on any atom is -0.361 e. The average molecular weight is 537 g/mol. The number of anilines is 1. The third-order valence-corrected chi connectivity index (χ3v) is 6.57. The summed E-state index contributed by atoms with van der Waals surface area (Å²) < 4.78 is 25.7. The monoisotopic (exact) mass is 536 g/mol. The van der Waals surface area contributed by atoms with E-state index in [4.69, 9.17) is 19.4 Å². The van der Waals surface area contributed by atoms with Crippen molar-refractivity contribution in [3.63, 3.8) is 0 Å². The topological polar surface area (TPSA) is 130 Å². The Hall–Kier alpha value is -3.90. The Morgan fingerprint density at radius 1 is 1.21 bits per heavy atom. The van der Waals surface area contributed by atoms with Crippen LogP contribution in [0.25, 0.3) is 22.6 Å². The molecular formula is C27H33FN8O3. The van der Waals surface area contributed by atoms with Crippen LogP contribution in [-0.2, 0) is 14.3 Å². The average Bonchev–Trinajstić information content (AvgIpc) is 3.62. The van der Waals surface area contributed by atoms with Crippen LogP contribution < -0.4 is 10.6 Å². The molecule has 12 heteroatoms. The van der Waals surface area contributed by atoms with Crippen molar-refractivity contribution in [3.8, 4) is 22.6 Å². The van der Waals surface area contributed by atoms with Crippen LogP contribution in [0.5, 0.6) is 0 Å². The van der Waals surface area contributed by atoms with E-state index in [0.29, 0.717) is 55.2 Å². The minimum absolute atomic E-state index is 0.0993. The van der Waals surface area contributed by atoms with Gasteiger partial charge in [-0.2, -0.15) is 0 Å². The van der Waals surface area contributed by atoms with Crippen LogP contribution >= 0.6 is 0 Å². The first-order chi connectivity index (χ1) is 18.9. The smallest absolute Gasteiger partial charge is 0.223 e. The summed E-state index contributed by atoms with van der Waals surface area (Å²) in [6.07, 6.45) is 3.78. The van der Waals surface area contributed by atoms with Crippen LogP contribution in [0.15, 0.2) is 41.5 Å². The third kappa shape index (κ3) is 6.76. The van der Waals surface area contributed by atoms with Gasteiger partial charge in [0.2, 0.25) is 18.1 Å². The molecule has 0 unspecified atom stereocenters. The van der Waals surface area contributed by atoms with E-state index in [-0.39, 0.29) is 17.1 Å². The Labute approximate surface area is 226 Å². The third-order valence-electron chi connectivity index (χ3n) is 6.57. The number of amides is 1. The lowest BCUT2D eigenvalue weighted by Crippen LogP contribution is -2.45. The fourth-order valence-electron chi connectivity index (χ4n) is 4.40. The predicted molar refractivity (Wildman–Crippen MR) is 144 cm³/mol. The highest BCUT2D eigenvalue weighted by Gasteiger charge is 2.35. The number of imidazole rings is 1. The first-order valence-electron chi connectivity index (χ1n) is 13.0. The molecule has 0 saturated carbocycles. The summed E-state index contributed by atoms with van der Waals surface area (Å²) in [6, 6.07) is 7.93. The maximum absolute atomic E-state index is 13.7. The molecule has 1 aromatic carbocycles. The number of aliphatic imine (C=N–C) groups is 1. The second-order valence-electron chi connectivity index (χ2n) is 10.1. The van der Waals surface area contributed by atoms with E-state index in [1.807, 2.05) is 13.3 Å². The van der Waals surface area contributed by atoms with Crippen LogP contribution in [-0.4, -0.2) is 83.0 Å². The zero-order chi connectivity index (χ0) is 27.2. The fraction of sp³-hybridized carbons (Fsp3) is 0.444. The molecule has 5 rings (SSSR count).